The molecule has 7 nitrogen and oxygen atoms in total. The third-order valence-corrected chi connectivity index (χ3v) is 5.46. The number of benzene rings is 3. The highest BCUT2D eigenvalue weighted by Gasteiger charge is 2.11. The fourth-order valence-electron chi connectivity index (χ4n) is 3.59. The van der Waals surface area contributed by atoms with Gasteiger partial charge in [-0.1, -0.05) is 43.9 Å². The minimum atomic E-state index is -0.445. The topological polar surface area (TPSA) is 84.7 Å². The zero-order valence-corrected chi connectivity index (χ0v) is 20.0. The Morgan fingerprint density at radius 2 is 1.83 bits per heavy atom. The average Bonchev–Trinajstić information content (AvgIpc) is 2.89. The van der Waals surface area contributed by atoms with E-state index in [0.717, 1.165) is 54.7 Å². The van der Waals surface area contributed by atoms with Crippen LogP contribution in [0.15, 0.2) is 66.7 Å². The van der Waals surface area contributed by atoms with Gasteiger partial charge in [-0.2, -0.15) is 0 Å². The van der Waals surface area contributed by atoms with Gasteiger partial charge >= 0.3 is 0 Å². The highest BCUT2D eigenvalue weighted by molar-refractivity contribution is 5.81. The highest BCUT2D eigenvalue weighted by Crippen LogP contribution is 2.27. The van der Waals surface area contributed by atoms with E-state index in [9.17, 15) is 14.9 Å². The predicted molar refractivity (Wildman–Crippen MR) is 138 cm³/mol. The molecule has 0 aromatic heterocycles. The summed E-state index contributed by atoms with van der Waals surface area (Å²) in [6, 6.07) is 19.1. The van der Waals surface area contributed by atoms with Crippen LogP contribution in [-0.2, 0) is 4.84 Å². The van der Waals surface area contributed by atoms with Crippen molar-refractivity contribution in [3.63, 3.8) is 0 Å². The van der Waals surface area contributed by atoms with Crippen molar-refractivity contribution in [2.75, 3.05) is 31.7 Å². The van der Waals surface area contributed by atoms with Gasteiger partial charge in [0.2, 0.25) is 0 Å². The zero-order valence-electron chi connectivity index (χ0n) is 20.0. The molecule has 0 atom stereocenters. The molecule has 0 saturated carbocycles. The van der Waals surface area contributed by atoms with Crippen LogP contribution in [0.25, 0.3) is 11.1 Å². The highest BCUT2D eigenvalue weighted by atomic mass is 16.6. The minimum absolute atomic E-state index is 0.0399. The lowest BCUT2D eigenvalue weighted by Crippen LogP contribution is -2.28. The van der Waals surface area contributed by atoms with Gasteiger partial charge in [0.15, 0.2) is 0 Å². The van der Waals surface area contributed by atoms with Crippen LogP contribution in [0.5, 0.6) is 0 Å². The van der Waals surface area contributed by atoms with Gasteiger partial charge in [-0.15, -0.1) is 0 Å². The molecular weight excluding hydrogens is 442 g/mol. The van der Waals surface area contributed by atoms with E-state index in [2.05, 4.69) is 36.1 Å². The van der Waals surface area contributed by atoms with E-state index in [1.165, 1.54) is 12.1 Å². The molecule has 1 N–H and O–H groups in total. The van der Waals surface area contributed by atoms with Crippen molar-refractivity contribution in [1.82, 2.24) is 4.90 Å². The van der Waals surface area contributed by atoms with Gasteiger partial charge in [0.1, 0.15) is 6.29 Å². The number of nitrogens with one attached hydrogen (secondary N) is 1. The molecule has 7 heteroatoms. The van der Waals surface area contributed by atoms with Crippen LogP contribution in [0.4, 0.5) is 11.4 Å². The van der Waals surface area contributed by atoms with E-state index in [0.29, 0.717) is 17.7 Å². The van der Waals surface area contributed by atoms with Crippen molar-refractivity contribution < 1.29 is 14.6 Å². The Morgan fingerprint density at radius 3 is 2.51 bits per heavy atom. The number of carbonyl (C=O) groups is 1. The Labute approximate surface area is 205 Å². The smallest absolute Gasteiger partial charge is 0.270 e. The van der Waals surface area contributed by atoms with Crippen molar-refractivity contribution in [3.05, 3.63) is 93.5 Å². The summed E-state index contributed by atoms with van der Waals surface area (Å²) in [7, 11) is 0. The van der Waals surface area contributed by atoms with Crippen molar-refractivity contribution in [1.29, 1.82) is 0 Å². The Morgan fingerprint density at radius 1 is 1.03 bits per heavy atom. The first-order valence-electron chi connectivity index (χ1n) is 11.6. The third-order valence-electron chi connectivity index (χ3n) is 5.46. The quantitative estimate of drug-likeness (QED) is 0.130. The molecule has 0 aliphatic carbocycles. The molecule has 0 bridgehead atoms. The summed E-state index contributed by atoms with van der Waals surface area (Å²) in [6.45, 7) is 7.80. The van der Waals surface area contributed by atoms with E-state index >= 15 is 0 Å². The number of nitro groups is 1. The molecule has 3 aromatic carbocycles. The Hall–Kier alpha value is -3.99. The summed E-state index contributed by atoms with van der Waals surface area (Å²) in [5.41, 5.74) is 7.02. The Kier molecular flexibility index (Phi) is 9.55. The number of hydrogen-bond acceptors (Lipinski definition) is 6. The maximum absolute atomic E-state index is 11.3. The van der Waals surface area contributed by atoms with E-state index in [-0.39, 0.29) is 5.69 Å². The molecule has 0 amide bonds. The molecular formula is C28H29N3O4. The number of likely N-dealkylation sites (N-methyl/N-ethyl adjacent to an activating group) is 1. The molecule has 0 saturated heterocycles. The summed E-state index contributed by atoms with van der Waals surface area (Å²) in [6.07, 6.45) is 1.89. The molecule has 0 heterocycles. The average molecular weight is 472 g/mol. The second-order valence-corrected chi connectivity index (χ2v) is 7.94. The first kappa shape index (κ1) is 25.6. The lowest BCUT2D eigenvalue weighted by atomic mass is 9.97. The van der Waals surface area contributed by atoms with E-state index in [1.54, 1.807) is 24.3 Å². The van der Waals surface area contributed by atoms with Crippen LogP contribution in [-0.4, -0.2) is 42.4 Å². The largest absolute Gasteiger partial charge is 0.301 e. The second kappa shape index (κ2) is 13.0. The number of carbonyl (C=O) groups excluding carboxylic acids is 1. The van der Waals surface area contributed by atoms with Gasteiger partial charge in [0.25, 0.3) is 5.69 Å². The van der Waals surface area contributed by atoms with Crippen LogP contribution in [0.3, 0.4) is 0 Å². The van der Waals surface area contributed by atoms with Crippen molar-refractivity contribution in [2.45, 2.75) is 20.3 Å². The molecule has 0 aliphatic heterocycles. The first-order chi connectivity index (χ1) is 17.0. The summed E-state index contributed by atoms with van der Waals surface area (Å²) in [4.78, 5) is 29.9. The van der Waals surface area contributed by atoms with Gasteiger partial charge in [0.05, 0.1) is 17.2 Å². The van der Waals surface area contributed by atoms with Gasteiger partial charge < -0.3 is 4.90 Å². The van der Waals surface area contributed by atoms with Crippen molar-refractivity contribution >= 4 is 17.7 Å². The monoisotopic (exact) mass is 471 g/mol. The standard InChI is InChI=1S/C28H29N3O4/c1-3-16-30(4-2)17-18-35-29-26-12-9-22(10-13-26)8-11-25-20-27(31(33)34)14-15-28(25)24-7-5-6-23(19-24)21-32/h5-7,9-10,12-15,19-21,29H,3-4,16-18H2,1-2H3. The molecule has 180 valence electrons. The number of nitrogens with zero attached hydrogens (tertiary/aromatic N) is 2. The van der Waals surface area contributed by atoms with Crippen LogP contribution in [0.2, 0.25) is 0 Å². The molecule has 0 aliphatic rings. The second-order valence-electron chi connectivity index (χ2n) is 7.94. The van der Waals surface area contributed by atoms with E-state index in [4.69, 9.17) is 4.84 Å². The van der Waals surface area contributed by atoms with Crippen molar-refractivity contribution in [2.24, 2.45) is 0 Å². The summed E-state index contributed by atoms with van der Waals surface area (Å²) < 4.78 is 0. The fraction of sp³-hybridized carbons (Fsp3) is 0.250. The normalized spacial score (nSPS) is 10.5. The van der Waals surface area contributed by atoms with Crippen molar-refractivity contribution in [3.8, 4) is 23.0 Å². The van der Waals surface area contributed by atoms with Gasteiger partial charge in [-0.25, -0.2) is 0 Å². The lowest BCUT2D eigenvalue weighted by Gasteiger charge is -2.19. The molecule has 0 radical (unpaired) electrons. The number of rotatable bonds is 11. The number of non-ortho nitro benzene ring substituents is 1. The van der Waals surface area contributed by atoms with E-state index < -0.39 is 4.92 Å². The third kappa shape index (κ3) is 7.51. The predicted octanol–water partition coefficient (Wildman–Crippen LogP) is 5.55. The van der Waals surface area contributed by atoms with E-state index in [1.807, 2.05) is 30.3 Å². The Balaban J connectivity index is 1.73. The van der Waals surface area contributed by atoms with Gasteiger partial charge in [0, 0.05) is 35.4 Å². The maximum Gasteiger partial charge on any atom is 0.270 e. The van der Waals surface area contributed by atoms with Gasteiger partial charge in [-0.3, -0.25) is 25.2 Å². The van der Waals surface area contributed by atoms with Gasteiger partial charge in [-0.05, 0) is 67.0 Å². The summed E-state index contributed by atoms with van der Waals surface area (Å²) in [5.74, 6) is 6.14. The number of nitro benzene ring substituents is 1. The number of hydrogen-bond donors (Lipinski definition) is 1. The SMILES string of the molecule is CCCN(CC)CCONc1ccc(C#Cc2cc([N+](=O)[O-])ccc2-c2cccc(C=O)c2)cc1. The summed E-state index contributed by atoms with van der Waals surface area (Å²) in [5, 5.41) is 11.3. The molecule has 0 unspecified atom stereocenters. The maximum atomic E-state index is 11.3. The zero-order chi connectivity index (χ0) is 25.0. The van der Waals surface area contributed by atoms with Crippen LogP contribution in [0.1, 0.15) is 41.8 Å². The summed E-state index contributed by atoms with van der Waals surface area (Å²) >= 11 is 0. The van der Waals surface area contributed by atoms with Crippen LogP contribution >= 0.6 is 0 Å². The number of aldehydes is 1. The van der Waals surface area contributed by atoms with Crippen LogP contribution < -0.4 is 5.48 Å². The molecule has 35 heavy (non-hydrogen) atoms. The fourth-order valence-corrected chi connectivity index (χ4v) is 3.59. The molecule has 3 aromatic rings. The first-order valence-corrected chi connectivity index (χ1v) is 11.6. The molecule has 3 rings (SSSR count). The number of anilines is 1. The lowest BCUT2D eigenvalue weighted by molar-refractivity contribution is -0.384. The minimum Gasteiger partial charge on any atom is -0.301 e. The van der Waals surface area contributed by atoms with Crippen LogP contribution in [0, 0.1) is 22.0 Å². The molecule has 0 spiro atoms. The Bertz CT molecular complexity index is 1210. The molecule has 0 fully saturated rings.